The molecule has 142 valence electrons. The molecular formula is C14H34N2O6S. The summed E-state index contributed by atoms with van der Waals surface area (Å²) in [5, 5.41) is 9.49. The Balaban J connectivity index is -0.000000106. The molecule has 0 aromatic heterocycles. The zero-order valence-electron chi connectivity index (χ0n) is 15.7. The Morgan fingerprint density at radius 1 is 1.04 bits per heavy atom. The molecule has 0 unspecified atom stereocenters. The number of carboxylic acids is 1. The Morgan fingerprint density at radius 3 is 1.26 bits per heavy atom. The van der Waals surface area contributed by atoms with Gasteiger partial charge < -0.3 is 24.3 Å². The molecule has 0 bridgehead atoms. The Kier molecular flexibility index (Phi) is 24.8. The third-order valence-corrected chi connectivity index (χ3v) is 2.55. The van der Waals surface area contributed by atoms with Gasteiger partial charge in [0.05, 0.1) is 53.9 Å². The molecule has 9 heteroatoms. The van der Waals surface area contributed by atoms with E-state index in [-0.39, 0.29) is 12.2 Å². The first-order valence-electron chi connectivity index (χ1n) is 7.30. The van der Waals surface area contributed by atoms with E-state index in [0.717, 1.165) is 0 Å². The molecule has 0 saturated carbocycles. The number of quaternary nitrogens is 2. The van der Waals surface area contributed by atoms with Crippen molar-refractivity contribution in [3.8, 4) is 0 Å². The third-order valence-electron chi connectivity index (χ3n) is 2.02. The summed E-state index contributed by atoms with van der Waals surface area (Å²) in [7, 11) is 4.13. The smallest absolute Gasteiger partial charge is 0.217 e. The molecule has 0 aromatic rings. The first-order valence-corrected chi connectivity index (χ1v) is 8.63. The third kappa shape index (κ3) is 62.7. The van der Waals surface area contributed by atoms with Gasteiger partial charge in [0.15, 0.2) is 0 Å². The second-order valence-corrected chi connectivity index (χ2v) is 6.06. The van der Waals surface area contributed by atoms with E-state index in [1.54, 1.807) is 0 Å². The number of carbonyl (C=O) groups is 1. The molecule has 0 aliphatic carbocycles. The highest BCUT2D eigenvalue weighted by atomic mass is 32.3. The topological polar surface area (TPSA) is 115 Å². The highest BCUT2D eigenvalue weighted by Crippen LogP contribution is 1.80. The van der Waals surface area contributed by atoms with Gasteiger partial charge in [0.1, 0.15) is 0 Å². The number of carbonyl (C=O) groups excluding carboxylic acids is 1. The molecule has 0 aliphatic heterocycles. The molecule has 23 heavy (non-hydrogen) atoms. The summed E-state index contributed by atoms with van der Waals surface area (Å²) in [6.45, 7) is 12.6. The maximum absolute atomic E-state index is 9.49. The van der Waals surface area contributed by atoms with Gasteiger partial charge >= 0.3 is 0 Å². The largest absolute Gasteiger partial charge is 0.726 e. The van der Waals surface area contributed by atoms with Crippen LogP contribution in [0, 0.1) is 0 Å². The van der Waals surface area contributed by atoms with E-state index in [9.17, 15) is 22.9 Å². The van der Waals surface area contributed by atoms with Gasteiger partial charge in [-0.15, -0.1) is 0 Å². The van der Waals surface area contributed by atoms with Gasteiger partial charge in [0.25, 0.3) is 0 Å². The van der Waals surface area contributed by atoms with Crippen molar-refractivity contribution in [3.63, 3.8) is 0 Å². The molecule has 0 fully saturated rings. The predicted molar refractivity (Wildman–Crippen MR) is 87.8 cm³/mol. The van der Waals surface area contributed by atoms with E-state index in [4.69, 9.17) is 0 Å². The van der Waals surface area contributed by atoms with Crippen LogP contribution < -0.4 is 14.9 Å². The van der Waals surface area contributed by atoms with E-state index in [1.807, 2.05) is 0 Å². The SMILES string of the molecule is C=C(C)C(=O)[O-].CCOS(=O)(=O)[O-].CC[NH+](C)C.CC[NH+](C)C. The van der Waals surface area contributed by atoms with Gasteiger partial charge in [-0.05, 0) is 33.3 Å². The van der Waals surface area contributed by atoms with E-state index < -0.39 is 16.4 Å². The van der Waals surface area contributed by atoms with Gasteiger partial charge in [-0.1, -0.05) is 6.58 Å². The Hall–Kier alpha value is -1.00. The molecule has 0 aliphatic rings. The molecule has 2 N–H and O–H groups in total. The van der Waals surface area contributed by atoms with E-state index >= 15 is 0 Å². The highest BCUT2D eigenvalue weighted by Gasteiger charge is 1.85. The number of hydrogen-bond donors (Lipinski definition) is 2. The fraction of sp³-hybridized carbons (Fsp3) is 0.786. The number of carboxylic acid groups (broad SMARTS) is 1. The number of aliphatic carboxylic acids is 1. The summed E-state index contributed by atoms with van der Waals surface area (Å²) >= 11 is 0. The van der Waals surface area contributed by atoms with Gasteiger partial charge in [-0.25, -0.2) is 8.42 Å². The van der Waals surface area contributed by atoms with Crippen molar-refractivity contribution in [2.24, 2.45) is 0 Å². The molecule has 0 rings (SSSR count). The van der Waals surface area contributed by atoms with Gasteiger partial charge in [0.2, 0.25) is 10.4 Å². The average Bonchev–Trinajstić information content (AvgIpc) is 2.39. The molecule has 0 spiro atoms. The fourth-order valence-electron chi connectivity index (χ4n) is 0.144. The lowest BCUT2D eigenvalue weighted by Gasteiger charge is -2.02. The maximum Gasteiger partial charge on any atom is 0.217 e. The molecule has 0 atom stereocenters. The van der Waals surface area contributed by atoms with Crippen LogP contribution in [0.1, 0.15) is 27.7 Å². The molecule has 0 saturated heterocycles. The molecule has 0 amide bonds. The van der Waals surface area contributed by atoms with E-state index in [0.29, 0.717) is 0 Å². The van der Waals surface area contributed by atoms with Crippen LogP contribution in [0.3, 0.4) is 0 Å². The van der Waals surface area contributed by atoms with Crippen LogP contribution in [0.25, 0.3) is 0 Å². The van der Waals surface area contributed by atoms with Crippen molar-refractivity contribution >= 4 is 16.4 Å². The summed E-state index contributed by atoms with van der Waals surface area (Å²) in [6.07, 6.45) is 0. The Labute approximate surface area is 141 Å². The number of hydrogen-bond acceptors (Lipinski definition) is 6. The Bertz CT molecular complexity index is 361. The van der Waals surface area contributed by atoms with Crippen molar-refractivity contribution in [1.82, 2.24) is 0 Å². The average molecular weight is 359 g/mol. The van der Waals surface area contributed by atoms with E-state index in [1.165, 1.54) is 36.7 Å². The summed E-state index contributed by atoms with van der Waals surface area (Å²) < 4.78 is 32.0. The highest BCUT2D eigenvalue weighted by molar-refractivity contribution is 7.80. The Morgan fingerprint density at radius 2 is 1.26 bits per heavy atom. The normalized spacial score (nSPS) is 9.70. The second-order valence-electron chi connectivity index (χ2n) is 5.00. The van der Waals surface area contributed by atoms with Gasteiger partial charge in [0, 0.05) is 0 Å². The van der Waals surface area contributed by atoms with Crippen molar-refractivity contribution in [2.45, 2.75) is 27.7 Å². The first-order chi connectivity index (χ1) is 10.2. The van der Waals surface area contributed by atoms with Crippen LogP contribution in [0.4, 0.5) is 0 Å². The minimum absolute atomic E-state index is 0.0648. The molecular weight excluding hydrogens is 324 g/mol. The van der Waals surface area contributed by atoms with Crippen LogP contribution in [-0.4, -0.2) is 66.8 Å². The van der Waals surface area contributed by atoms with Crippen LogP contribution in [-0.2, 0) is 19.4 Å². The van der Waals surface area contributed by atoms with Crippen LogP contribution in [0.15, 0.2) is 12.2 Å². The lowest BCUT2D eigenvalue weighted by atomic mass is 10.4. The minimum atomic E-state index is -4.42. The summed E-state index contributed by atoms with van der Waals surface area (Å²) in [5.74, 6) is -1.19. The van der Waals surface area contributed by atoms with Gasteiger partial charge in [-0.3, -0.25) is 4.18 Å². The second kappa shape index (κ2) is 19.0. The van der Waals surface area contributed by atoms with Crippen molar-refractivity contribution in [2.75, 3.05) is 47.9 Å². The lowest BCUT2D eigenvalue weighted by molar-refractivity contribution is -0.856. The zero-order chi connectivity index (χ0) is 19.6. The van der Waals surface area contributed by atoms with Crippen molar-refractivity contribution < 1.29 is 36.9 Å². The van der Waals surface area contributed by atoms with Crippen LogP contribution in [0.2, 0.25) is 0 Å². The number of rotatable bonds is 5. The standard InChI is InChI=1S/2C4H11N.C4H6O2.C2H6O4S/c2*1-4-5(2)3;1-3(2)4(5)6;1-2-6-7(3,4)5/h2*4H2,1-3H3;1H2,2H3,(H,5,6);2H2,1H3,(H,3,4,5). The monoisotopic (exact) mass is 358 g/mol. The fourth-order valence-corrected chi connectivity index (χ4v) is 0.433. The van der Waals surface area contributed by atoms with Crippen molar-refractivity contribution in [1.29, 1.82) is 0 Å². The summed E-state index contributed by atoms with van der Waals surface area (Å²) in [6, 6.07) is 0. The number of nitrogens with one attached hydrogen (secondary N) is 2. The zero-order valence-corrected chi connectivity index (χ0v) is 16.5. The minimum Gasteiger partial charge on any atom is -0.726 e. The van der Waals surface area contributed by atoms with Crippen LogP contribution in [0.5, 0.6) is 0 Å². The van der Waals surface area contributed by atoms with Crippen LogP contribution >= 0.6 is 0 Å². The summed E-state index contributed by atoms with van der Waals surface area (Å²) in [5.41, 5.74) is 0.0648. The van der Waals surface area contributed by atoms with Crippen molar-refractivity contribution in [3.05, 3.63) is 12.2 Å². The predicted octanol–water partition coefficient (Wildman–Crippen LogP) is -2.90. The summed E-state index contributed by atoms with van der Waals surface area (Å²) in [4.78, 5) is 12.5. The first kappa shape index (κ1) is 29.9. The lowest BCUT2D eigenvalue weighted by Crippen LogP contribution is -3.05. The van der Waals surface area contributed by atoms with Gasteiger partial charge in [-0.2, -0.15) is 0 Å². The quantitative estimate of drug-likeness (QED) is 0.309. The molecule has 0 aromatic carbocycles. The molecule has 8 nitrogen and oxygen atoms in total. The molecule has 0 radical (unpaired) electrons. The maximum atomic E-state index is 9.49. The molecule has 0 heterocycles. The van der Waals surface area contributed by atoms with E-state index in [2.05, 4.69) is 52.8 Å².